The number of carboxylic acid groups (broad SMARTS) is 1. The first-order valence-corrected chi connectivity index (χ1v) is 4.52. The topological polar surface area (TPSA) is 57.6 Å². The Labute approximate surface area is 79.4 Å². The van der Waals surface area contributed by atoms with Gasteiger partial charge in [0, 0.05) is 6.92 Å². The molecule has 0 atom stereocenters. The molecule has 0 unspecified atom stereocenters. The number of carbonyl (C=O) groups excluding carboxylic acids is 1. The largest absolute Gasteiger partial charge is 0.480 e. The summed E-state index contributed by atoms with van der Waals surface area (Å²) < 4.78 is 0. The van der Waals surface area contributed by atoms with Crippen molar-refractivity contribution in [2.45, 2.75) is 6.92 Å². The third kappa shape index (κ3) is 2.55. The fourth-order valence-electron chi connectivity index (χ4n) is 0.903. The van der Waals surface area contributed by atoms with Crippen LogP contribution in [0.2, 0.25) is 0 Å². The summed E-state index contributed by atoms with van der Waals surface area (Å²) in [6, 6.07) is 3.49. The van der Waals surface area contributed by atoms with Crippen LogP contribution in [-0.4, -0.2) is 23.5 Å². The zero-order valence-electron chi connectivity index (χ0n) is 7.06. The molecule has 13 heavy (non-hydrogen) atoms. The van der Waals surface area contributed by atoms with Crippen LogP contribution >= 0.6 is 11.3 Å². The SMILES string of the molecule is CC(=O)N(CC(=O)O)c1cccs1. The maximum atomic E-state index is 11.0. The number of nitrogens with zero attached hydrogens (tertiary/aromatic N) is 1. The molecule has 0 saturated carbocycles. The summed E-state index contributed by atoms with van der Waals surface area (Å²) in [7, 11) is 0. The van der Waals surface area contributed by atoms with Crippen LogP contribution < -0.4 is 4.90 Å². The lowest BCUT2D eigenvalue weighted by atomic mass is 10.4. The Balaban J connectivity index is 2.81. The van der Waals surface area contributed by atoms with Crippen molar-refractivity contribution < 1.29 is 14.7 Å². The summed E-state index contributed by atoms with van der Waals surface area (Å²) in [5.74, 6) is -1.27. The minimum Gasteiger partial charge on any atom is -0.480 e. The van der Waals surface area contributed by atoms with Gasteiger partial charge in [-0.15, -0.1) is 11.3 Å². The molecule has 0 aliphatic rings. The van der Waals surface area contributed by atoms with Crippen LogP contribution in [0.15, 0.2) is 17.5 Å². The van der Waals surface area contributed by atoms with E-state index >= 15 is 0 Å². The second kappa shape index (κ2) is 4.04. The number of thiophene rings is 1. The van der Waals surface area contributed by atoms with Crippen molar-refractivity contribution in [2.24, 2.45) is 0 Å². The minimum atomic E-state index is -1.01. The molecule has 1 rings (SSSR count). The first-order valence-electron chi connectivity index (χ1n) is 3.64. The quantitative estimate of drug-likeness (QED) is 0.795. The van der Waals surface area contributed by atoms with E-state index in [2.05, 4.69) is 0 Å². The molecule has 1 aromatic rings. The molecule has 0 aliphatic heterocycles. The fraction of sp³-hybridized carbons (Fsp3) is 0.250. The number of carbonyl (C=O) groups is 2. The van der Waals surface area contributed by atoms with Crippen molar-refractivity contribution in [1.82, 2.24) is 0 Å². The summed E-state index contributed by atoms with van der Waals surface area (Å²) in [5, 5.41) is 11.0. The second-order valence-corrected chi connectivity index (χ2v) is 3.38. The molecule has 0 aromatic carbocycles. The predicted molar refractivity (Wildman–Crippen MR) is 50.0 cm³/mol. The summed E-state index contributed by atoms with van der Waals surface area (Å²) in [6.07, 6.45) is 0. The van der Waals surface area contributed by atoms with Gasteiger partial charge in [-0.2, -0.15) is 0 Å². The molecular weight excluding hydrogens is 190 g/mol. The lowest BCUT2D eigenvalue weighted by molar-refractivity contribution is -0.136. The van der Waals surface area contributed by atoms with Crippen molar-refractivity contribution in [2.75, 3.05) is 11.4 Å². The van der Waals surface area contributed by atoms with Crippen LogP contribution in [0.25, 0.3) is 0 Å². The van der Waals surface area contributed by atoms with E-state index in [9.17, 15) is 9.59 Å². The van der Waals surface area contributed by atoms with E-state index in [0.29, 0.717) is 5.00 Å². The molecule has 1 N–H and O–H groups in total. The molecule has 0 aliphatic carbocycles. The normalized spacial score (nSPS) is 9.62. The Morgan fingerprint density at radius 2 is 2.31 bits per heavy atom. The Kier molecular flexibility index (Phi) is 3.02. The maximum Gasteiger partial charge on any atom is 0.323 e. The minimum absolute atomic E-state index is 0.259. The number of anilines is 1. The van der Waals surface area contributed by atoms with Gasteiger partial charge in [-0.25, -0.2) is 0 Å². The van der Waals surface area contributed by atoms with Crippen LogP contribution in [0.4, 0.5) is 5.00 Å². The van der Waals surface area contributed by atoms with Gasteiger partial charge in [-0.3, -0.25) is 14.5 Å². The molecule has 0 bridgehead atoms. The highest BCUT2D eigenvalue weighted by molar-refractivity contribution is 7.14. The summed E-state index contributed by atoms with van der Waals surface area (Å²) in [6.45, 7) is 1.07. The average Bonchev–Trinajstić information content (AvgIpc) is 2.50. The monoisotopic (exact) mass is 199 g/mol. The Bertz CT molecular complexity index is 307. The standard InChI is InChI=1S/C8H9NO3S/c1-6(10)9(5-8(11)12)7-3-2-4-13-7/h2-4H,5H2,1H3,(H,11,12). The molecule has 1 aromatic heterocycles. The number of hydrogen-bond donors (Lipinski definition) is 1. The zero-order chi connectivity index (χ0) is 9.84. The van der Waals surface area contributed by atoms with Gasteiger partial charge in [0.15, 0.2) is 0 Å². The van der Waals surface area contributed by atoms with E-state index in [1.54, 1.807) is 17.5 Å². The van der Waals surface area contributed by atoms with Crippen LogP contribution in [0.3, 0.4) is 0 Å². The van der Waals surface area contributed by atoms with Crippen molar-refractivity contribution in [1.29, 1.82) is 0 Å². The predicted octanol–water partition coefficient (Wildman–Crippen LogP) is 1.19. The van der Waals surface area contributed by atoms with Crippen molar-refractivity contribution in [3.63, 3.8) is 0 Å². The van der Waals surface area contributed by atoms with Gasteiger partial charge in [0.2, 0.25) is 5.91 Å². The lowest BCUT2D eigenvalue weighted by Gasteiger charge is -2.15. The first-order chi connectivity index (χ1) is 6.11. The van der Waals surface area contributed by atoms with Gasteiger partial charge >= 0.3 is 5.97 Å². The zero-order valence-corrected chi connectivity index (χ0v) is 7.87. The molecule has 4 nitrogen and oxygen atoms in total. The first kappa shape index (κ1) is 9.73. The van der Waals surface area contributed by atoms with E-state index in [-0.39, 0.29) is 12.5 Å². The van der Waals surface area contributed by atoms with Gasteiger partial charge in [0.25, 0.3) is 0 Å². The highest BCUT2D eigenvalue weighted by Gasteiger charge is 2.15. The molecule has 0 saturated heterocycles. The number of amides is 1. The van der Waals surface area contributed by atoms with Crippen molar-refractivity contribution in [3.05, 3.63) is 17.5 Å². The van der Waals surface area contributed by atoms with Gasteiger partial charge in [0.05, 0.1) is 5.00 Å². The summed E-state index contributed by atoms with van der Waals surface area (Å²) in [4.78, 5) is 22.7. The van der Waals surface area contributed by atoms with E-state index in [1.807, 2.05) is 0 Å². The van der Waals surface area contributed by atoms with Crippen LogP contribution in [0.1, 0.15) is 6.92 Å². The Morgan fingerprint density at radius 3 is 2.69 bits per heavy atom. The Hall–Kier alpha value is -1.36. The summed E-state index contributed by atoms with van der Waals surface area (Å²) in [5.41, 5.74) is 0. The highest BCUT2D eigenvalue weighted by Crippen LogP contribution is 2.20. The lowest BCUT2D eigenvalue weighted by Crippen LogP contribution is -2.33. The van der Waals surface area contributed by atoms with Crippen molar-refractivity contribution in [3.8, 4) is 0 Å². The fourth-order valence-corrected chi connectivity index (χ4v) is 1.68. The number of hydrogen-bond acceptors (Lipinski definition) is 3. The third-order valence-electron chi connectivity index (χ3n) is 1.45. The van der Waals surface area contributed by atoms with E-state index in [0.717, 1.165) is 0 Å². The van der Waals surface area contributed by atoms with E-state index < -0.39 is 5.97 Å². The van der Waals surface area contributed by atoms with E-state index in [1.165, 1.54) is 23.2 Å². The van der Waals surface area contributed by atoms with Crippen LogP contribution in [0, 0.1) is 0 Å². The number of rotatable bonds is 3. The molecule has 0 radical (unpaired) electrons. The number of carboxylic acids is 1. The van der Waals surface area contributed by atoms with Crippen molar-refractivity contribution >= 4 is 28.2 Å². The van der Waals surface area contributed by atoms with Gasteiger partial charge in [-0.05, 0) is 17.5 Å². The molecule has 1 heterocycles. The number of aliphatic carboxylic acids is 1. The third-order valence-corrected chi connectivity index (χ3v) is 2.34. The van der Waals surface area contributed by atoms with Gasteiger partial charge < -0.3 is 5.11 Å². The molecular formula is C8H9NO3S. The maximum absolute atomic E-state index is 11.0. The van der Waals surface area contributed by atoms with Crippen LogP contribution in [-0.2, 0) is 9.59 Å². The molecule has 1 amide bonds. The Morgan fingerprint density at radius 1 is 1.62 bits per heavy atom. The highest BCUT2D eigenvalue weighted by atomic mass is 32.1. The van der Waals surface area contributed by atoms with Gasteiger partial charge in [0.1, 0.15) is 6.54 Å². The second-order valence-electron chi connectivity index (χ2n) is 2.45. The summed E-state index contributed by atoms with van der Waals surface area (Å²) >= 11 is 1.34. The average molecular weight is 199 g/mol. The van der Waals surface area contributed by atoms with Crippen LogP contribution in [0.5, 0.6) is 0 Å². The molecule has 0 fully saturated rings. The molecule has 70 valence electrons. The van der Waals surface area contributed by atoms with E-state index in [4.69, 9.17) is 5.11 Å². The smallest absolute Gasteiger partial charge is 0.323 e. The molecule has 0 spiro atoms. The molecule has 5 heteroatoms. The van der Waals surface area contributed by atoms with Gasteiger partial charge in [-0.1, -0.05) is 0 Å².